The Labute approximate surface area is 104 Å². The van der Waals surface area contributed by atoms with Gasteiger partial charge in [0.2, 0.25) is 0 Å². The third kappa shape index (κ3) is 11.5. The van der Waals surface area contributed by atoms with Crippen LogP contribution < -0.4 is 11.1 Å². The molecule has 0 unspecified atom stereocenters. The van der Waals surface area contributed by atoms with Crippen LogP contribution in [-0.4, -0.2) is 37.5 Å². The Morgan fingerprint density at radius 2 is 2.00 bits per heavy atom. The number of alkyl carbamates (subject to hydrolysis) is 1. The van der Waals surface area contributed by atoms with Crippen LogP contribution in [0.1, 0.15) is 40.5 Å². The molecule has 0 radical (unpaired) electrons. The number of ether oxygens (including phenoxy) is 2. The number of hydrogen-bond donors (Lipinski definition) is 2. The van der Waals surface area contributed by atoms with E-state index in [1.807, 2.05) is 27.7 Å². The number of hydrogen-bond acceptors (Lipinski definition) is 4. The van der Waals surface area contributed by atoms with Gasteiger partial charge in [-0.1, -0.05) is 0 Å². The highest BCUT2D eigenvalue weighted by atomic mass is 16.6. The monoisotopic (exact) mass is 246 g/mol. The second-order valence-corrected chi connectivity index (χ2v) is 5.09. The Balaban J connectivity index is 3.57. The molecular formula is C12H26N2O3. The molecule has 0 heterocycles. The summed E-state index contributed by atoms with van der Waals surface area (Å²) in [7, 11) is 0. The SMILES string of the molecule is C[C@@H](CCCOCCN)NC(=O)OC(C)(C)C. The molecule has 0 aliphatic carbocycles. The predicted molar refractivity (Wildman–Crippen MR) is 67.9 cm³/mol. The molecule has 17 heavy (non-hydrogen) atoms. The van der Waals surface area contributed by atoms with Gasteiger partial charge < -0.3 is 20.5 Å². The smallest absolute Gasteiger partial charge is 0.407 e. The summed E-state index contributed by atoms with van der Waals surface area (Å²) < 4.78 is 10.4. The van der Waals surface area contributed by atoms with Crippen molar-refractivity contribution in [2.24, 2.45) is 5.73 Å². The summed E-state index contributed by atoms with van der Waals surface area (Å²) in [6.07, 6.45) is 1.40. The first-order valence-electron chi connectivity index (χ1n) is 6.12. The standard InChI is InChI=1S/C12H26N2O3/c1-10(6-5-8-16-9-7-13)14-11(15)17-12(2,3)4/h10H,5-9,13H2,1-4H3,(H,14,15)/t10-/m0/s1. The van der Waals surface area contributed by atoms with Crippen LogP contribution in [0.15, 0.2) is 0 Å². The van der Waals surface area contributed by atoms with Crippen molar-refractivity contribution in [3.63, 3.8) is 0 Å². The van der Waals surface area contributed by atoms with Crippen molar-refractivity contribution in [2.45, 2.75) is 52.2 Å². The van der Waals surface area contributed by atoms with Crippen molar-refractivity contribution in [3.8, 4) is 0 Å². The molecule has 0 rings (SSSR count). The highest BCUT2D eigenvalue weighted by Crippen LogP contribution is 2.07. The van der Waals surface area contributed by atoms with Crippen LogP contribution in [0.2, 0.25) is 0 Å². The van der Waals surface area contributed by atoms with Gasteiger partial charge in [-0.05, 0) is 40.5 Å². The van der Waals surface area contributed by atoms with Gasteiger partial charge in [0, 0.05) is 19.2 Å². The van der Waals surface area contributed by atoms with E-state index >= 15 is 0 Å². The topological polar surface area (TPSA) is 73.6 Å². The van der Waals surface area contributed by atoms with Gasteiger partial charge in [-0.3, -0.25) is 0 Å². The lowest BCUT2D eigenvalue weighted by Gasteiger charge is -2.21. The lowest BCUT2D eigenvalue weighted by atomic mass is 10.2. The van der Waals surface area contributed by atoms with Crippen LogP contribution in [0.5, 0.6) is 0 Å². The van der Waals surface area contributed by atoms with Crippen LogP contribution in [0, 0.1) is 0 Å². The van der Waals surface area contributed by atoms with Gasteiger partial charge in [0.1, 0.15) is 5.60 Å². The summed E-state index contributed by atoms with van der Waals surface area (Å²) in [5.41, 5.74) is 4.85. The van der Waals surface area contributed by atoms with Gasteiger partial charge in [-0.2, -0.15) is 0 Å². The molecule has 0 fully saturated rings. The maximum atomic E-state index is 11.4. The summed E-state index contributed by atoms with van der Waals surface area (Å²) in [5.74, 6) is 0. The average Bonchev–Trinajstić information content (AvgIpc) is 2.14. The molecule has 3 N–H and O–H groups in total. The molecule has 0 saturated carbocycles. The minimum Gasteiger partial charge on any atom is -0.444 e. The van der Waals surface area contributed by atoms with Gasteiger partial charge in [0.05, 0.1) is 6.61 Å². The van der Waals surface area contributed by atoms with Crippen molar-refractivity contribution >= 4 is 6.09 Å². The first-order chi connectivity index (χ1) is 7.85. The van der Waals surface area contributed by atoms with Crippen LogP contribution in [0.4, 0.5) is 4.79 Å². The summed E-state index contributed by atoms with van der Waals surface area (Å²) in [6, 6.07) is 0.0892. The van der Waals surface area contributed by atoms with E-state index in [4.69, 9.17) is 15.2 Å². The van der Waals surface area contributed by atoms with E-state index in [-0.39, 0.29) is 12.1 Å². The maximum absolute atomic E-state index is 11.4. The summed E-state index contributed by atoms with van der Waals surface area (Å²) in [4.78, 5) is 11.4. The van der Waals surface area contributed by atoms with Gasteiger partial charge in [-0.15, -0.1) is 0 Å². The Morgan fingerprint density at radius 1 is 1.35 bits per heavy atom. The molecule has 0 spiro atoms. The summed E-state index contributed by atoms with van der Waals surface area (Å²) in [6.45, 7) is 9.30. The molecule has 0 bridgehead atoms. The van der Waals surface area contributed by atoms with Gasteiger partial charge in [0.25, 0.3) is 0 Å². The van der Waals surface area contributed by atoms with E-state index in [0.717, 1.165) is 12.8 Å². The normalized spacial score (nSPS) is 13.2. The van der Waals surface area contributed by atoms with Crippen molar-refractivity contribution in [1.29, 1.82) is 0 Å². The van der Waals surface area contributed by atoms with Crippen molar-refractivity contribution in [1.82, 2.24) is 5.32 Å². The number of nitrogens with two attached hydrogens (primary N) is 1. The molecule has 1 amide bonds. The van der Waals surface area contributed by atoms with E-state index in [1.54, 1.807) is 0 Å². The Kier molecular flexibility index (Phi) is 7.91. The fraction of sp³-hybridized carbons (Fsp3) is 0.917. The number of amides is 1. The molecule has 0 aliphatic rings. The number of rotatable bonds is 7. The zero-order valence-electron chi connectivity index (χ0n) is 11.4. The van der Waals surface area contributed by atoms with Crippen molar-refractivity contribution in [2.75, 3.05) is 19.8 Å². The third-order valence-corrected chi connectivity index (χ3v) is 1.95. The fourth-order valence-electron chi connectivity index (χ4n) is 1.26. The van der Waals surface area contributed by atoms with Crippen molar-refractivity contribution in [3.05, 3.63) is 0 Å². The molecule has 0 saturated heterocycles. The molecule has 102 valence electrons. The molecule has 0 aromatic rings. The van der Waals surface area contributed by atoms with Gasteiger partial charge in [0.15, 0.2) is 0 Å². The summed E-state index contributed by atoms with van der Waals surface area (Å²) >= 11 is 0. The first kappa shape index (κ1) is 16.2. The molecule has 5 nitrogen and oxygen atoms in total. The largest absolute Gasteiger partial charge is 0.444 e. The van der Waals surface area contributed by atoms with Gasteiger partial charge in [-0.25, -0.2) is 4.79 Å². The van der Waals surface area contributed by atoms with Crippen LogP contribution in [-0.2, 0) is 9.47 Å². The fourth-order valence-corrected chi connectivity index (χ4v) is 1.26. The number of nitrogens with one attached hydrogen (secondary N) is 1. The maximum Gasteiger partial charge on any atom is 0.407 e. The lowest BCUT2D eigenvalue weighted by Crippen LogP contribution is -2.37. The molecular weight excluding hydrogens is 220 g/mol. The predicted octanol–water partition coefficient (Wildman–Crippen LogP) is 1.66. The lowest BCUT2D eigenvalue weighted by molar-refractivity contribution is 0.0502. The zero-order valence-corrected chi connectivity index (χ0v) is 11.4. The highest BCUT2D eigenvalue weighted by molar-refractivity contribution is 5.67. The second-order valence-electron chi connectivity index (χ2n) is 5.09. The molecule has 0 aromatic carbocycles. The Morgan fingerprint density at radius 3 is 2.53 bits per heavy atom. The average molecular weight is 246 g/mol. The van der Waals surface area contributed by atoms with Crippen LogP contribution in [0.25, 0.3) is 0 Å². The Hall–Kier alpha value is -0.810. The third-order valence-electron chi connectivity index (χ3n) is 1.95. The van der Waals surface area contributed by atoms with E-state index < -0.39 is 5.60 Å². The van der Waals surface area contributed by atoms with E-state index in [1.165, 1.54) is 0 Å². The molecule has 1 atom stereocenters. The minimum absolute atomic E-state index is 0.0892. The van der Waals surface area contributed by atoms with E-state index in [0.29, 0.717) is 19.8 Å². The number of carbonyl (C=O) groups excluding carboxylic acids is 1. The van der Waals surface area contributed by atoms with Crippen LogP contribution in [0.3, 0.4) is 0 Å². The van der Waals surface area contributed by atoms with E-state index in [2.05, 4.69) is 5.32 Å². The van der Waals surface area contributed by atoms with E-state index in [9.17, 15) is 4.79 Å². The molecule has 5 heteroatoms. The van der Waals surface area contributed by atoms with Crippen LogP contribution >= 0.6 is 0 Å². The summed E-state index contributed by atoms with van der Waals surface area (Å²) in [5, 5.41) is 2.79. The molecule has 0 aliphatic heterocycles. The minimum atomic E-state index is -0.450. The highest BCUT2D eigenvalue weighted by Gasteiger charge is 2.17. The zero-order chi connectivity index (χ0) is 13.3. The van der Waals surface area contributed by atoms with Gasteiger partial charge >= 0.3 is 6.09 Å². The second kappa shape index (κ2) is 8.31. The first-order valence-corrected chi connectivity index (χ1v) is 6.12. The Bertz CT molecular complexity index is 214. The molecule has 0 aromatic heterocycles. The quantitative estimate of drug-likeness (QED) is 0.670. The number of carbonyl (C=O) groups is 1. The van der Waals surface area contributed by atoms with Crippen molar-refractivity contribution < 1.29 is 14.3 Å².